The molecule has 1 atom stereocenters. The van der Waals surface area contributed by atoms with Crippen molar-refractivity contribution in [3.8, 4) is 5.75 Å². The lowest BCUT2D eigenvalue weighted by Gasteiger charge is -2.19. The summed E-state index contributed by atoms with van der Waals surface area (Å²) >= 11 is 1.54. The Hall–Kier alpha value is -1.53. The fourth-order valence-electron chi connectivity index (χ4n) is 2.66. The van der Waals surface area contributed by atoms with Gasteiger partial charge in [-0.1, -0.05) is 44.7 Å². The average molecular weight is 362 g/mol. The molecule has 0 unspecified atom stereocenters. The molecule has 1 N–H and O–H groups in total. The quantitative estimate of drug-likeness (QED) is 0.761. The van der Waals surface area contributed by atoms with Gasteiger partial charge in [0.05, 0.1) is 6.10 Å². The molecular formula is C19H27N3O2S. The molecule has 25 heavy (non-hydrogen) atoms. The number of rotatable bonds is 7. The predicted octanol–water partition coefficient (Wildman–Crippen LogP) is 3.75. The van der Waals surface area contributed by atoms with E-state index < -0.39 is 6.10 Å². The average Bonchev–Trinajstić information content (AvgIpc) is 3.33. The highest BCUT2D eigenvalue weighted by Gasteiger charge is 2.28. The fourth-order valence-corrected chi connectivity index (χ4v) is 3.62. The van der Waals surface area contributed by atoms with E-state index in [2.05, 4.69) is 47.7 Å². The van der Waals surface area contributed by atoms with E-state index in [-0.39, 0.29) is 12.0 Å². The van der Waals surface area contributed by atoms with Crippen molar-refractivity contribution in [2.24, 2.45) is 0 Å². The van der Waals surface area contributed by atoms with Crippen molar-refractivity contribution in [1.29, 1.82) is 0 Å². The summed E-state index contributed by atoms with van der Waals surface area (Å²) in [5, 5.41) is 19.5. The monoisotopic (exact) mass is 361 g/mol. The maximum absolute atomic E-state index is 10.2. The maximum Gasteiger partial charge on any atom is 0.191 e. The van der Waals surface area contributed by atoms with Gasteiger partial charge in [-0.2, -0.15) is 0 Å². The molecule has 1 aliphatic carbocycles. The lowest BCUT2D eigenvalue weighted by Crippen LogP contribution is -2.20. The Balaban J connectivity index is 1.47. The second-order valence-corrected chi connectivity index (χ2v) is 8.67. The Morgan fingerprint density at radius 3 is 2.52 bits per heavy atom. The second-order valence-electron chi connectivity index (χ2n) is 7.68. The minimum absolute atomic E-state index is 0.129. The largest absolute Gasteiger partial charge is 0.491 e. The molecule has 0 spiro atoms. The van der Waals surface area contributed by atoms with E-state index in [1.54, 1.807) is 11.8 Å². The summed E-state index contributed by atoms with van der Waals surface area (Å²) in [4.78, 5) is 0. The Morgan fingerprint density at radius 2 is 1.92 bits per heavy atom. The van der Waals surface area contributed by atoms with Gasteiger partial charge in [-0.25, -0.2) is 0 Å². The third-order valence-electron chi connectivity index (χ3n) is 4.31. The molecule has 6 heteroatoms. The van der Waals surface area contributed by atoms with Gasteiger partial charge < -0.3 is 14.4 Å². The molecule has 5 nitrogen and oxygen atoms in total. The summed E-state index contributed by atoms with van der Waals surface area (Å²) < 4.78 is 7.90. The summed E-state index contributed by atoms with van der Waals surface area (Å²) in [6.07, 6.45) is 1.85. The number of hydrogen-bond donors (Lipinski definition) is 1. The molecule has 1 fully saturated rings. The van der Waals surface area contributed by atoms with Crippen LogP contribution in [0.5, 0.6) is 5.75 Å². The van der Waals surface area contributed by atoms with Crippen LogP contribution in [0.1, 0.15) is 51.0 Å². The third-order valence-corrected chi connectivity index (χ3v) is 5.40. The number of aliphatic hydroxyl groups is 1. The van der Waals surface area contributed by atoms with Crippen LogP contribution in [-0.4, -0.2) is 38.3 Å². The molecule has 1 aromatic carbocycles. The van der Waals surface area contributed by atoms with Crippen LogP contribution in [0, 0.1) is 6.92 Å². The lowest BCUT2D eigenvalue weighted by atomic mass is 9.87. The number of nitrogens with zero attached hydrogens (tertiary/aromatic N) is 3. The number of hydrogen-bond acceptors (Lipinski definition) is 5. The normalized spacial score (nSPS) is 16.0. The number of aromatic nitrogens is 3. The van der Waals surface area contributed by atoms with Gasteiger partial charge in [-0.05, 0) is 42.9 Å². The van der Waals surface area contributed by atoms with Crippen LogP contribution in [0.2, 0.25) is 0 Å². The van der Waals surface area contributed by atoms with Gasteiger partial charge in [0.25, 0.3) is 0 Å². The first-order chi connectivity index (χ1) is 11.8. The molecule has 3 rings (SSSR count). The Morgan fingerprint density at radius 1 is 1.24 bits per heavy atom. The maximum atomic E-state index is 10.2. The zero-order valence-electron chi connectivity index (χ0n) is 15.4. The molecule has 0 saturated heterocycles. The van der Waals surface area contributed by atoms with Crippen LogP contribution in [-0.2, 0) is 5.41 Å². The van der Waals surface area contributed by atoms with Gasteiger partial charge in [0.15, 0.2) is 5.16 Å². The predicted molar refractivity (Wildman–Crippen MR) is 100 cm³/mol. The van der Waals surface area contributed by atoms with Crippen LogP contribution in [0.15, 0.2) is 29.4 Å². The van der Waals surface area contributed by atoms with E-state index in [9.17, 15) is 5.11 Å². The minimum Gasteiger partial charge on any atom is -0.491 e. The first kappa shape index (κ1) is 18.3. The number of aryl methyl sites for hydroxylation is 1. The fraction of sp³-hybridized carbons (Fsp3) is 0.579. The number of aliphatic hydroxyl groups excluding tert-OH is 1. The number of thioether (sulfide) groups is 1. The first-order valence-electron chi connectivity index (χ1n) is 8.80. The molecule has 1 aromatic heterocycles. The molecule has 0 radical (unpaired) electrons. The van der Waals surface area contributed by atoms with Crippen LogP contribution in [0.4, 0.5) is 0 Å². The molecule has 0 aliphatic heterocycles. The van der Waals surface area contributed by atoms with Crippen LogP contribution >= 0.6 is 11.8 Å². The van der Waals surface area contributed by atoms with Crippen LogP contribution < -0.4 is 4.74 Å². The van der Waals surface area contributed by atoms with Crippen molar-refractivity contribution in [3.63, 3.8) is 0 Å². The van der Waals surface area contributed by atoms with Gasteiger partial charge in [0.1, 0.15) is 18.2 Å². The van der Waals surface area contributed by atoms with Gasteiger partial charge in [0, 0.05) is 11.8 Å². The van der Waals surface area contributed by atoms with E-state index in [1.807, 2.05) is 19.1 Å². The summed E-state index contributed by atoms with van der Waals surface area (Å²) in [5.74, 6) is 2.29. The number of ether oxygens (including phenoxy) is 1. The van der Waals surface area contributed by atoms with E-state index in [0.717, 1.165) is 16.7 Å². The summed E-state index contributed by atoms with van der Waals surface area (Å²) in [6, 6.07) is 8.64. The van der Waals surface area contributed by atoms with E-state index in [4.69, 9.17) is 4.74 Å². The molecule has 0 bridgehead atoms. The zero-order valence-corrected chi connectivity index (χ0v) is 16.2. The van der Waals surface area contributed by atoms with Crippen molar-refractivity contribution in [2.45, 2.75) is 63.3 Å². The third kappa shape index (κ3) is 4.76. The van der Waals surface area contributed by atoms with Gasteiger partial charge in [-0.3, -0.25) is 0 Å². The summed E-state index contributed by atoms with van der Waals surface area (Å²) in [7, 11) is 0. The lowest BCUT2D eigenvalue weighted by molar-refractivity contribution is 0.126. The Bertz CT molecular complexity index is 702. The topological polar surface area (TPSA) is 60.2 Å². The zero-order chi connectivity index (χ0) is 18.0. The van der Waals surface area contributed by atoms with Crippen molar-refractivity contribution >= 4 is 11.8 Å². The molecule has 2 aromatic rings. The SMILES string of the molecule is Cc1nnc(SC[C@@H](O)COc2ccc(C(C)(C)C)cc2)n1C1CC1. The summed E-state index contributed by atoms with van der Waals surface area (Å²) in [5.41, 5.74) is 1.40. The highest BCUT2D eigenvalue weighted by molar-refractivity contribution is 7.99. The highest BCUT2D eigenvalue weighted by Crippen LogP contribution is 2.38. The highest BCUT2D eigenvalue weighted by atomic mass is 32.2. The first-order valence-corrected chi connectivity index (χ1v) is 9.79. The van der Waals surface area contributed by atoms with Crippen LogP contribution in [0.3, 0.4) is 0 Å². The van der Waals surface area contributed by atoms with Gasteiger partial charge in [0.2, 0.25) is 0 Å². The van der Waals surface area contributed by atoms with Crippen LogP contribution in [0.25, 0.3) is 0 Å². The molecule has 1 saturated carbocycles. The van der Waals surface area contributed by atoms with E-state index in [1.165, 1.54) is 18.4 Å². The minimum atomic E-state index is -0.544. The number of benzene rings is 1. The van der Waals surface area contributed by atoms with Crippen molar-refractivity contribution in [3.05, 3.63) is 35.7 Å². The molecule has 0 amide bonds. The van der Waals surface area contributed by atoms with Crippen molar-refractivity contribution in [1.82, 2.24) is 14.8 Å². The molecule has 136 valence electrons. The Labute approximate surface area is 153 Å². The molecule has 1 heterocycles. The molecular weight excluding hydrogens is 334 g/mol. The van der Waals surface area contributed by atoms with Gasteiger partial charge >= 0.3 is 0 Å². The smallest absolute Gasteiger partial charge is 0.191 e. The van der Waals surface area contributed by atoms with E-state index >= 15 is 0 Å². The summed E-state index contributed by atoms with van der Waals surface area (Å²) in [6.45, 7) is 8.82. The van der Waals surface area contributed by atoms with E-state index in [0.29, 0.717) is 11.8 Å². The molecule has 1 aliphatic rings. The van der Waals surface area contributed by atoms with Crippen molar-refractivity contribution < 1.29 is 9.84 Å². The van der Waals surface area contributed by atoms with Gasteiger partial charge in [-0.15, -0.1) is 10.2 Å². The Kier molecular flexibility index (Phi) is 5.39. The second kappa shape index (κ2) is 7.38. The standard InChI is InChI=1S/C19H27N3O2S/c1-13-20-21-18(22(13)15-7-8-15)25-12-16(23)11-24-17-9-5-14(6-10-17)19(2,3)4/h5-6,9-10,15-16,23H,7-8,11-12H2,1-4H3/t16-/m0/s1. The van der Waals surface area contributed by atoms with Crippen molar-refractivity contribution in [2.75, 3.05) is 12.4 Å².